The second-order valence-electron chi connectivity index (χ2n) is 4.13. The molecule has 1 aromatic carbocycles. The largest absolute Gasteiger partial charge is 0.367 e. The molecule has 0 amide bonds. The Morgan fingerprint density at radius 2 is 2.19 bits per heavy atom. The zero-order valence-corrected chi connectivity index (χ0v) is 10.2. The Bertz CT molecular complexity index is 530. The van der Waals surface area contributed by atoms with Crippen LogP contribution in [0.25, 0.3) is 0 Å². The monoisotopic (exact) mass is 278 g/mol. The predicted octanol–water partition coefficient (Wildman–Crippen LogP) is 2.23. The highest BCUT2D eigenvalue weighted by atomic mass is 79.9. The van der Waals surface area contributed by atoms with Gasteiger partial charge >= 0.3 is 0 Å². The molecule has 16 heavy (non-hydrogen) atoms. The highest BCUT2D eigenvalue weighted by molar-refractivity contribution is 9.10. The molecule has 0 unspecified atom stereocenters. The van der Waals surface area contributed by atoms with Crippen LogP contribution in [0.3, 0.4) is 0 Å². The van der Waals surface area contributed by atoms with Crippen molar-refractivity contribution < 1.29 is 0 Å². The van der Waals surface area contributed by atoms with E-state index in [9.17, 15) is 0 Å². The van der Waals surface area contributed by atoms with Gasteiger partial charge < -0.3 is 5.73 Å². The number of aromatic amines is 1. The molecule has 3 N–H and O–H groups in total. The second-order valence-corrected chi connectivity index (χ2v) is 5.05. The number of hydrogen-bond donors (Lipinski definition) is 2. The van der Waals surface area contributed by atoms with E-state index >= 15 is 0 Å². The van der Waals surface area contributed by atoms with Gasteiger partial charge in [-0.3, -0.25) is 5.10 Å². The average molecular weight is 279 g/mol. The van der Waals surface area contributed by atoms with Crippen LogP contribution in [-0.2, 0) is 5.41 Å². The molecule has 1 aliphatic rings. The zero-order valence-electron chi connectivity index (χ0n) is 8.57. The molecule has 0 saturated heterocycles. The fourth-order valence-electron chi connectivity index (χ4n) is 2.06. The first-order valence-corrected chi connectivity index (χ1v) is 5.94. The maximum Gasteiger partial charge on any atom is 0.239 e. The maximum atomic E-state index is 5.55. The normalized spacial score (nSPS) is 17.3. The van der Waals surface area contributed by atoms with Crippen LogP contribution in [0.2, 0.25) is 0 Å². The van der Waals surface area contributed by atoms with Crippen molar-refractivity contribution in [3.8, 4) is 0 Å². The molecule has 1 saturated carbocycles. The number of aromatic nitrogens is 3. The summed E-state index contributed by atoms with van der Waals surface area (Å²) < 4.78 is 1.09. The minimum Gasteiger partial charge on any atom is -0.367 e. The van der Waals surface area contributed by atoms with E-state index in [0.717, 1.165) is 23.1 Å². The minimum atomic E-state index is 0.00833. The number of anilines is 1. The number of nitrogen functional groups attached to an aromatic ring is 1. The third-order valence-electron chi connectivity index (χ3n) is 3.08. The van der Waals surface area contributed by atoms with Gasteiger partial charge in [-0.2, -0.15) is 4.98 Å². The van der Waals surface area contributed by atoms with Crippen molar-refractivity contribution in [3.63, 3.8) is 0 Å². The van der Waals surface area contributed by atoms with E-state index in [-0.39, 0.29) is 5.41 Å². The first-order valence-electron chi connectivity index (χ1n) is 5.15. The Kier molecular flexibility index (Phi) is 2.04. The van der Waals surface area contributed by atoms with Crippen molar-refractivity contribution in [3.05, 3.63) is 40.1 Å². The van der Waals surface area contributed by atoms with Gasteiger partial charge in [0.2, 0.25) is 5.95 Å². The molecule has 1 aliphatic carbocycles. The smallest absolute Gasteiger partial charge is 0.239 e. The lowest BCUT2D eigenvalue weighted by atomic mass is 9.95. The number of halogens is 1. The number of hydrogen-bond acceptors (Lipinski definition) is 3. The Labute approximate surface area is 101 Å². The molecular formula is C11H11BrN4. The summed E-state index contributed by atoms with van der Waals surface area (Å²) in [5, 5.41) is 6.83. The van der Waals surface area contributed by atoms with Gasteiger partial charge in [0.05, 0.1) is 5.41 Å². The Hall–Kier alpha value is -1.36. The van der Waals surface area contributed by atoms with E-state index in [1.54, 1.807) is 0 Å². The van der Waals surface area contributed by atoms with Gasteiger partial charge in [0.25, 0.3) is 0 Å². The molecule has 0 radical (unpaired) electrons. The number of nitrogens with zero attached hydrogens (tertiary/aromatic N) is 2. The molecule has 82 valence electrons. The molecule has 1 aromatic heterocycles. The van der Waals surface area contributed by atoms with E-state index in [1.807, 2.05) is 12.1 Å². The number of rotatable bonds is 2. The van der Waals surface area contributed by atoms with E-state index in [4.69, 9.17) is 5.73 Å². The molecule has 5 heteroatoms. The third-order valence-corrected chi connectivity index (χ3v) is 3.58. The van der Waals surface area contributed by atoms with E-state index in [2.05, 4.69) is 43.2 Å². The van der Waals surface area contributed by atoms with Gasteiger partial charge in [0, 0.05) is 4.47 Å². The summed E-state index contributed by atoms with van der Waals surface area (Å²) in [6, 6.07) is 8.32. The third kappa shape index (κ3) is 1.43. The van der Waals surface area contributed by atoms with Crippen LogP contribution in [0.1, 0.15) is 24.2 Å². The van der Waals surface area contributed by atoms with Crippen LogP contribution in [0.4, 0.5) is 5.95 Å². The molecule has 0 atom stereocenters. The summed E-state index contributed by atoms with van der Waals surface area (Å²) in [7, 11) is 0. The minimum absolute atomic E-state index is 0.00833. The molecule has 1 fully saturated rings. The lowest BCUT2D eigenvalue weighted by Gasteiger charge is -2.12. The first-order chi connectivity index (χ1) is 7.71. The van der Waals surface area contributed by atoms with Crippen molar-refractivity contribution in [2.45, 2.75) is 18.3 Å². The predicted molar refractivity (Wildman–Crippen MR) is 65.0 cm³/mol. The van der Waals surface area contributed by atoms with Crippen molar-refractivity contribution in [1.82, 2.24) is 15.2 Å². The fourth-order valence-corrected chi connectivity index (χ4v) is 2.46. The van der Waals surface area contributed by atoms with Gasteiger partial charge in [0.15, 0.2) is 0 Å². The van der Waals surface area contributed by atoms with Gasteiger partial charge in [-0.15, -0.1) is 5.10 Å². The summed E-state index contributed by atoms with van der Waals surface area (Å²) in [6.07, 6.45) is 2.19. The maximum absolute atomic E-state index is 5.55. The molecular weight excluding hydrogens is 268 g/mol. The van der Waals surface area contributed by atoms with Gasteiger partial charge in [-0.25, -0.2) is 0 Å². The molecule has 0 spiro atoms. The second kappa shape index (κ2) is 3.31. The standard InChI is InChI=1S/C11H11BrN4/c12-8-3-1-2-7(6-8)11(4-5-11)9-14-10(13)16-15-9/h1-3,6H,4-5H2,(H3,13,14,15,16). The molecule has 3 rings (SSSR count). The van der Waals surface area contributed by atoms with Gasteiger partial charge in [-0.1, -0.05) is 28.1 Å². The van der Waals surface area contributed by atoms with Crippen molar-refractivity contribution >= 4 is 21.9 Å². The topological polar surface area (TPSA) is 67.6 Å². The van der Waals surface area contributed by atoms with Crippen LogP contribution >= 0.6 is 15.9 Å². The molecule has 1 heterocycles. The molecule has 4 nitrogen and oxygen atoms in total. The van der Waals surface area contributed by atoms with Crippen LogP contribution in [0, 0.1) is 0 Å². The SMILES string of the molecule is Nc1n[nH]c(C2(c3cccc(Br)c3)CC2)n1. The number of H-pyrrole nitrogens is 1. The summed E-state index contributed by atoms with van der Waals surface area (Å²) in [4.78, 5) is 4.25. The molecule has 0 aliphatic heterocycles. The van der Waals surface area contributed by atoms with E-state index in [1.165, 1.54) is 5.56 Å². The van der Waals surface area contributed by atoms with E-state index < -0.39 is 0 Å². The fraction of sp³-hybridized carbons (Fsp3) is 0.273. The first kappa shape index (κ1) is 9.84. The zero-order chi connectivity index (χ0) is 11.2. The summed E-state index contributed by atoms with van der Waals surface area (Å²) in [5.41, 5.74) is 6.82. The number of benzene rings is 1. The number of nitrogens with two attached hydrogens (primary N) is 1. The van der Waals surface area contributed by atoms with Crippen LogP contribution < -0.4 is 5.73 Å². The van der Waals surface area contributed by atoms with Gasteiger partial charge in [-0.05, 0) is 30.5 Å². The lowest BCUT2D eigenvalue weighted by molar-refractivity contribution is 0.761. The summed E-state index contributed by atoms with van der Waals surface area (Å²) >= 11 is 3.49. The Morgan fingerprint density at radius 1 is 1.38 bits per heavy atom. The lowest BCUT2D eigenvalue weighted by Crippen LogP contribution is -2.11. The molecule has 0 bridgehead atoms. The van der Waals surface area contributed by atoms with Crippen molar-refractivity contribution in [2.24, 2.45) is 0 Å². The van der Waals surface area contributed by atoms with Crippen LogP contribution in [0.15, 0.2) is 28.7 Å². The van der Waals surface area contributed by atoms with Crippen molar-refractivity contribution in [1.29, 1.82) is 0 Å². The van der Waals surface area contributed by atoms with Crippen LogP contribution in [0.5, 0.6) is 0 Å². The van der Waals surface area contributed by atoms with Gasteiger partial charge in [0.1, 0.15) is 5.82 Å². The average Bonchev–Trinajstić information content (AvgIpc) is 2.97. The van der Waals surface area contributed by atoms with E-state index in [0.29, 0.717) is 5.95 Å². The quantitative estimate of drug-likeness (QED) is 0.885. The summed E-state index contributed by atoms with van der Waals surface area (Å²) in [5.74, 6) is 1.19. The van der Waals surface area contributed by atoms with Crippen molar-refractivity contribution in [2.75, 3.05) is 5.73 Å². The van der Waals surface area contributed by atoms with Crippen LogP contribution in [-0.4, -0.2) is 15.2 Å². The summed E-state index contributed by atoms with van der Waals surface area (Å²) in [6.45, 7) is 0. The highest BCUT2D eigenvalue weighted by Crippen LogP contribution is 2.52. The number of nitrogens with one attached hydrogen (secondary N) is 1. The molecule has 2 aromatic rings. The highest BCUT2D eigenvalue weighted by Gasteiger charge is 2.48. The Balaban J connectivity index is 2.06. The Morgan fingerprint density at radius 3 is 2.75 bits per heavy atom.